The Morgan fingerprint density at radius 3 is 2.79 bits per heavy atom. The SMILES string of the molecule is Cn1ncc2c(Br)c(Cl)c3c(c21)C(=O)N1CCN(C(=O)OC(C)(C)C)CC1CO3. The van der Waals surface area contributed by atoms with E-state index in [2.05, 4.69) is 21.0 Å². The highest BCUT2D eigenvalue weighted by atomic mass is 79.9. The third-order valence-corrected chi connectivity index (χ3v) is 6.47. The molecule has 0 aliphatic carbocycles. The zero-order valence-corrected chi connectivity index (χ0v) is 19.0. The van der Waals surface area contributed by atoms with Crippen molar-refractivity contribution >= 4 is 50.4 Å². The fourth-order valence-electron chi connectivity index (χ4n) is 3.74. The minimum absolute atomic E-state index is 0.172. The number of hydrogen-bond acceptors (Lipinski definition) is 5. The van der Waals surface area contributed by atoms with Gasteiger partial charge in [-0.05, 0) is 36.7 Å². The second kappa shape index (κ2) is 7.05. The summed E-state index contributed by atoms with van der Waals surface area (Å²) in [5.74, 6) is 0.173. The molecule has 1 atom stereocenters. The van der Waals surface area contributed by atoms with E-state index in [0.717, 1.165) is 5.39 Å². The van der Waals surface area contributed by atoms with Gasteiger partial charge in [0.1, 0.15) is 17.8 Å². The van der Waals surface area contributed by atoms with Gasteiger partial charge in [0.2, 0.25) is 0 Å². The molecule has 1 aromatic heterocycles. The molecule has 1 fully saturated rings. The first-order chi connectivity index (χ1) is 13.6. The zero-order chi connectivity index (χ0) is 21.1. The van der Waals surface area contributed by atoms with Crippen LogP contribution in [-0.4, -0.2) is 69.5 Å². The summed E-state index contributed by atoms with van der Waals surface area (Å²) in [5.41, 5.74) is 0.489. The Bertz CT molecular complexity index is 1020. The van der Waals surface area contributed by atoms with Crippen LogP contribution in [0.5, 0.6) is 5.75 Å². The van der Waals surface area contributed by atoms with Crippen molar-refractivity contribution < 1.29 is 19.1 Å². The Morgan fingerprint density at radius 2 is 2.10 bits per heavy atom. The number of nitrogens with zero attached hydrogens (tertiary/aromatic N) is 4. The summed E-state index contributed by atoms with van der Waals surface area (Å²) in [7, 11) is 1.78. The summed E-state index contributed by atoms with van der Waals surface area (Å²) in [6.45, 7) is 6.83. The van der Waals surface area contributed by atoms with Crippen molar-refractivity contribution in [3.05, 3.63) is 21.3 Å². The molecule has 3 heterocycles. The maximum absolute atomic E-state index is 13.5. The molecule has 0 radical (unpaired) electrons. The predicted molar refractivity (Wildman–Crippen MR) is 112 cm³/mol. The molecule has 1 saturated heterocycles. The molecule has 2 aromatic rings. The van der Waals surface area contributed by atoms with Gasteiger partial charge < -0.3 is 19.3 Å². The summed E-state index contributed by atoms with van der Waals surface area (Å²) < 4.78 is 13.8. The van der Waals surface area contributed by atoms with Gasteiger partial charge >= 0.3 is 6.09 Å². The molecule has 156 valence electrons. The van der Waals surface area contributed by atoms with E-state index in [1.165, 1.54) is 0 Å². The van der Waals surface area contributed by atoms with Gasteiger partial charge in [-0.25, -0.2) is 4.79 Å². The summed E-state index contributed by atoms with van der Waals surface area (Å²) in [6, 6.07) is -0.297. The lowest BCUT2D eigenvalue weighted by atomic mass is 10.1. The van der Waals surface area contributed by atoms with Crippen molar-refractivity contribution in [2.45, 2.75) is 32.4 Å². The molecule has 8 nitrogen and oxygen atoms in total. The van der Waals surface area contributed by atoms with Crippen LogP contribution in [0, 0.1) is 0 Å². The summed E-state index contributed by atoms with van der Waals surface area (Å²) in [6.07, 6.45) is 1.28. The molecule has 10 heteroatoms. The van der Waals surface area contributed by atoms with E-state index in [9.17, 15) is 9.59 Å². The zero-order valence-electron chi connectivity index (χ0n) is 16.7. The van der Waals surface area contributed by atoms with E-state index < -0.39 is 5.60 Å². The van der Waals surface area contributed by atoms with E-state index in [1.54, 1.807) is 27.7 Å². The lowest BCUT2D eigenvalue weighted by Crippen LogP contribution is -2.58. The Kier molecular flexibility index (Phi) is 4.93. The van der Waals surface area contributed by atoms with Crippen molar-refractivity contribution in [1.29, 1.82) is 0 Å². The standard InChI is InChI=1S/C19H22BrClN4O4/c1-19(2,3)29-18(27)24-5-6-25-10(8-24)9-28-16-12(17(25)26)15-11(7-22-23(15)4)13(20)14(16)21/h7,10H,5-6,8-9H2,1-4H3. The van der Waals surface area contributed by atoms with Crippen molar-refractivity contribution in [3.8, 4) is 5.75 Å². The van der Waals surface area contributed by atoms with Gasteiger partial charge in [0.15, 0.2) is 5.75 Å². The van der Waals surface area contributed by atoms with Crippen LogP contribution in [-0.2, 0) is 11.8 Å². The number of ether oxygens (including phenoxy) is 2. The predicted octanol–water partition coefficient (Wildman–Crippen LogP) is 3.44. The number of fused-ring (bicyclic) bond motifs is 4. The van der Waals surface area contributed by atoms with Crippen molar-refractivity contribution in [3.63, 3.8) is 0 Å². The molecule has 0 saturated carbocycles. The number of aryl methyl sites for hydroxylation is 1. The number of piperazine rings is 1. The monoisotopic (exact) mass is 484 g/mol. The number of hydrogen-bond donors (Lipinski definition) is 0. The molecule has 0 spiro atoms. The molecular formula is C19H22BrClN4O4. The Hall–Kier alpha value is -2.00. The smallest absolute Gasteiger partial charge is 0.410 e. The largest absolute Gasteiger partial charge is 0.489 e. The average molecular weight is 486 g/mol. The Balaban J connectivity index is 1.69. The van der Waals surface area contributed by atoms with Crippen LogP contribution >= 0.6 is 27.5 Å². The molecule has 0 bridgehead atoms. The molecule has 1 unspecified atom stereocenters. The third kappa shape index (κ3) is 3.44. The number of rotatable bonds is 0. The first-order valence-electron chi connectivity index (χ1n) is 9.33. The maximum Gasteiger partial charge on any atom is 0.410 e. The first-order valence-corrected chi connectivity index (χ1v) is 10.5. The molecular weight excluding hydrogens is 464 g/mol. The molecule has 0 N–H and O–H groups in total. The lowest BCUT2D eigenvalue weighted by molar-refractivity contribution is 0.000965. The van der Waals surface area contributed by atoms with Crippen LogP contribution in [0.15, 0.2) is 10.7 Å². The normalized spacial score (nSPS) is 19.5. The third-order valence-electron chi connectivity index (χ3n) is 5.06. The maximum atomic E-state index is 13.5. The molecule has 1 aromatic carbocycles. The highest BCUT2D eigenvalue weighted by molar-refractivity contribution is 9.10. The summed E-state index contributed by atoms with van der Waals surface area (Å²) in [5, 5.41) is 5.37. The van der Waals surface area contributed by atoms with Crippen LogP contribution in [0.3, 0.4) is 0 Å². The van der Waals surface area contributed by atoms with E-state index in [-0.39, 0.29) is 24.6 Å². The van der Waals surface area contributed by atoms with Gasteiger partial charge in [-0.1, -0.05) is 11.6 Å². The van der Waals surface area contributed by atoms with E-state index in [1.807, 2.05) is 20.8 Å². The molecule has 4 rings (SSSR count). The minimum atomic E-state index is -0.578. The second-order valence-electron chi connectivity index (χ2n) is 8.25. The highest BCUT2D eigenvalue weighted by Gasteiger charge is 2.40. The van der Waals surface area contributed by atoms with E-state index >= 15 is 0 Å². The fraction of sp³-hybridized carbons (Fsp3) is 0.526. The van der Waals surface area contributed by atoms with Crippen LogP contribution in [0.1, 0.15) is 31.1 Å². The summed E-state index contributed by atoms with van der Waals surface area (Å²) in [4.78, 5) is 29.4. The van der Waals surface area contributed by atoms with Crippen LogP contribution in [0.4, 0.5) is 4.79 Å². The van der Waals surface area contributed by atoms with Crippen molar-refractivity contribution in [1.82, 2.24) is 19.6 Å². The van der Waals surface area contributed by atoms with E-state index in [0.29, 0.717) is 46.0 Å². The molecule has 2 amide bonds. The quantitative estimate of drug-likeness (QED) is 0.571. The number of carbonyl (C=O) groups excluding carboxylic acids is 2. The van der Waals surface area contributed by atoms with Crippen LogP contribution < -0.4 is 4.74 Å². The minimum Gasteiger partial charge on any atom is -0.489 e. The number of halogens is 2. The Labute approximate surface area is 181 Å². The number of amides is 2. The van der Waals surface area contributed by atoms with Crippen LogP contribution in [0.25, 0.3) is 10.9 Å². The number of aromatic nitrogens is 2. The van der Waals surface area contributed by atoms with Gasteiger partial charge in [0.05, 0.1) is 27.3 Å². The Morgan fingerprint density at radius 1 is 1.38 bits per heavy atom. The highest BCUT2D eigenvalue weighted by Crippen LogP contribution is 2.44. The topological polar surface area (TPSA) is 76.9 Å². The van der Waals surface area contributed by atoms with Gasteiger partial charge in [-0.3, -0.25) is 9.48 Å². The van der Waals surface area contributed by atoms with Gasteiger partial charge in [-0.15, -0.1) is 0 Å². The van der Waals surface area contributed by atoms with Crippen molar-refractivity contribution in [2.24, 2.45) is 7.05 Å². The number of benzene rings is 1. The first kappa shape index (κ1) is 20.3. The second-order valence-corrected chi connectivity index (χ2v) is 9.42. The van der Waals surface area contributed by atoms with Gasteiger partial charge in [0.25, 0.3) is 5.91 Å². The lowest BCUT2D eigenvalue weighted by Gasteiger charge is -2.40. The summed E-state index contributed by atoms with van der Waals surface area (Å²) >= 11 is 10.0. The van der Waals surface area contributed by atoms with Gasteiger partial charge in [0, 0.05) is 32.1 Å². The molecule has 2 aliphatic rings. The number of carbonyl (C=O) groups is 2. The van der Waals surface area contributed by atoms with Gasteiger partial charge in [-0.2, -0.15) is 5.10 Å². The van der Waals surface area contributed by atoms with Crippen LogP contribution in [0.2, 0.25) is 5.02 Å². The molecule has 29 heavy (non-hydrogen) atoms. The van der Waals surface area contributed by atoms with E-state index in [4.69, 9.17) is 21.1 Å². The molecule has 2 aliphatic heterocycles. The van der Waals surface area contributed by atoms with Crippen molar-refractivity contribution in [2.75, 3.05) is 26.2 Å². The average Bonchev–Trinajstić information content (AvgIpc) is 2.96. The fourth-order valence-corrected chi connectivity index (χ4v) is 4.47.